The third-order valence-corrected chi connectivity index (χ3v) is 4.63. The van der Waals surface area contributed by atoms with Crippen LogP contribution in [-0.2, 0) is 11.3 Å². The first kappa shape index (κ1) is 17.4. The van der Waals surface area contributed by atoms with Crippen molar-refractivity contribution in [2.24, 2.45) is 5.92 Å². The average Bonchev–Trinajstić information content (AvgIpc) is 2.64. The van der Waals surface area contributed by atoms with Crippen molar-refractivity contribution < 1.29 is 9.53 Å². The Hall–Kier alpha value is -2.40. The Balaban J connectivity index is 1.63. The van der Waals surface area contributed by atoms with E-state index in [0.717, 1.165) is 49.5 Å². The Morgan fingerprint density at radius 3 is 3.00 bits per heavy atom. The van der Waals surface area contributed by atoms with E-state index in [0.29, 0.717) is 0 Å². The van der Waals surface area contributed by atoms with Crippen LogP contribution in [0.3, 0.4) is 0 Å². The standard InChI is InChI=1S/C20H25N3O2/c1-15-11-16(7-8-19(15)25-18-6-3-9-22-12-18)13-23-10-4-5-17(14-23)20(24)21-2/h3,6-9,11-12,17H,4-5,10,13-14H2,1-2H3,(H,21,24). The van der Waals surface area contributed by atoms with Gasteiger partial charge in [-0.05, 0) is 55.6 Å². The van der Waals surface area contributed by atoms with E-state index in [1.807, 2.05) is 18.2 Å². The molecule has 2 aromatic rings. The zero-order valence-electron chi connectivity index (χ0n) is 14.9. The summed E-state index contributed by atoms with van der Waals surface area (Å²) >= 11 is 0. The predicted octanol–water partition coefficient (Wildman–Crippen LogP) is 3.14. The summed E-state index contributed by atoms with van der Waals surface area (Å²) in [6.07, 6.45) is 5.49. The highest BCUT2D eigenvalue weighted by atomic mass is 16.5. The molecule has 1 aromatic carbocycles. The molecular weight excluding hydrogens is 314 g/mol. The van der Waals surface area contributed by atoms with Gasteiger partial charge in [-0.3, -0.25) is 14.7 Å². The Morgan fingerprint density at radius 1 is 1.40 bits per heavy atom. The topological polar surface area (TPSA) is 54.5 Å². The summed E-state index contributed by atoms with van der Waals surface area (Å²) in [5.74, 6) is 1.84. The van der Waals surface area contributed by atoms with Crippen LogP contribution in [0.4, 0.5) is 0 Å². The molecule has 0 bridgehead atoms. The lowest BCUT2D eigenvalue weighted by atomic mass is 9.96. The fourth-order valence-corrected chi connectivity index (χ4v) is 3.33. The molecular formula is C20H25N3O2. The molecule has 1 aromatic heterocycles. The van der Waals surface area contributed by atoms with Gasteiger partial charge < -0.3 is 10.1 Å². The number of likely N-dealkylation sites (tertiary alicyclic amines) is 1. The number of hydrogen-bond donors (Lipinski definition) is 1. The molecule has 0 radical (unpaired) electrons. The second kappa shape index (κ2) is 8.12. The highest BCUT2D eigenvalue weighted by Crippen LogP contribution is 2.26. The maximum atomic E-state index is 11.9. The number of piperidine rings is 1. The maximum absolute atomic E-state index is 11.9. The Kier molecular flexibility index (Phi) is 5.66. The number of rotatable bonds is 5. The van der Waals surface area contributed by atoms with E-state index in [1.165, 1.54) is 5.56 Å². The lowest BCUT2D eigenvalue weighted by molar-refractivity contribution is -0.126. The largest absolute Gasteiger partial charge is 0.455 e. The summed E-state index contributed by atoms with van der Waals surface area (Å²) < 4.78 is 5.89. The van der Waals surface area contributed by atoms with Gasteiger partial charge in [0.05, 0.1) is 12.1 Å². The van der Waals surface area contributed by atoms with Crippen LogP contribution in [0.5, 0.6) is 11.5 Å². The lowest BCUT2D eigenvalue weighted by Crippen LogP contribution is -2.41. The van der Waals surface area contributed by atoms with E-state index in [9.17, 15) is 4.79 Å². The average molecular weight is 339 g/mol. The van der Waals surface area contributed by atoms with Gasteiger partial charge in [0.2, 0.25) is 5.91 Å². The van der Waals surface area contributed by atoms with Crippen molar-refractivity contribution in [3.05, 3.63) is 53.9 Å². The fraction of sp³-hybridized carbons (Fsp3) is 0.400. The quantitative estimate of drug-likeness (QED) is 0.909. The van der Waals surface area contributed by atoms with Crippen LogP contribution < -0.4 is 10.1 Å². The van der Waals surface area contributed by atoms with Crippen molar-refractivity contribution in [1.82, 2.24) is 15.2 Å². The first-order valence-corrected chi connectivity index (χ1v) is 8.77. The number of nitrogens with zero attached hydrogens (tertiary/aromatic N) is 2. The monoisotopic (exact) mass is 339 g/mol. The molecule has 0 saturated carbocycles. The number of ether oxygens (including phenoxy) is 1. The van der Waals surface area contributed by atoms with Crippen LogP contribution in [0, 0.1) is 12.8 Å². The van der Waals surface area contributed by atoms with Gasteiger partial charge in [-0.1, -0.05) is 12.1 Å². The predicted molar refractivity (Wildman–Crippen MR) is 97.6 cm³/mol. The number of amides is 1. The molecule has 5 nitrogen and oxygen atoms in total. The molecule has 1 amide bonds. The van der Waals surface area contributed by atoms with Gasteiger partial charge in [0.15, 0.2) is 0 Å². The zero-order valence-corrected chi connectivity index (χ0v) is 14.9. The molecule has 5 heteroatoms. The zero-order chi connectivity index (χ0) is 17.6. The van der Waals surface area contributed by atoms with E-state index in [-0.39, 0.29) is 11.8 Å². The van der Waals surface area contributed by atoms with Crippen LogP contribution >= 0.6 is 0 Å². The van der Waals surface area contributed by atoms with Crippen molar-refractivity contribution in [2.45, 2.75) is 26.3 Å². The summed E-state index contributed by atoms with van der Waals surface area (Å²) in [5.41, 5.74) is 2.34. The number of aryl methyl sites for hydroxylation is 1. The van der Waals surface area contributed by atoms with E-state index in [2.05, 4.69) is 34.3 Å². The number of hydrogen-bond acceptors (Lipinski definition) is 4. The Bertz CT molecular complexity index is 718. The molecule has 0 aliphatic carbocycles. The SMILES string of the molecule is CNC(=O)C1CCCN(Cc2ccc(Oc3cccnc3)c(C)c2)C1. The van der Waals surface area contributed by atoms with Gasteiger partial charge in [0.25, 0.3) is 0 Å². The Labute approximate surface area is 149 Å². The molecule has 1 N–H and O–H groups in total. The smallest absolute Gasteiger partial charge is 0.224 e. The number of nitrogens with one attached hydrogen (secondary N) is 1. The van der Waals surface area contributed by atoms with Crippen molar-refractivity contribution in [3.8, 4) is 11.5 Å². The minimum atomic E-state index is 0.105. The van der Waals surface area contributed by atoms with E-state index < -0.39 is 0 Å². The molecule has 1 aliphatic rings. The second-order valence-electron chi connectivity index (χ2n) is 6.58. The Morgan fingerprint density at radius 2 is 2.28 bits per heavy atom. The van der Waals surface area contributed by atoms with Crippen molar-refractivity contribution in [1.29, 1.82) is 0 Å². The van der Waals surface area contributed by atoms with Crippen LogP contribution in [0.25, 0.3) is 0 Å². The summed E-state index contributed by atoms with van der Waals surface area (Å²) in [6, 6.07) is 10.0. The molecule has 2 heterocycles. The van der Waals surface area contributed by atoms with Gasteiger partial charge in [-0.25, -0.2) is 0 Å². The molecule has 25 heavy (non-hydrogen) atoms. The van der Waals surface area contributed by atoms with Crippen molar-refractivity contribution in [2.75, 3.05) is 20.1 Å². The highest BCUT2D eigenvalue weighted by molar-refractivity contribution is 5.78. The summed E-state index contributed by atoms with van der Waals surface area (Å²) in [6.45, 7) is 4.79. The third-order valence-electron chi connectivity index (χ3n) is 4.63. The van der Waals surface area contributed by atoms with Crippen molar-refractivity contribution in [3.63, 3.8) is 0 Å². The van der Waals surface area contributed by atoms with Gasteiger partial charge in [0.1, 0.15) is 11.5 Å². The van der Waals surface area contributed by atoms with Crippen LogP contribution in [-0.4, -0.2) is 35.9 Å². The van der Waals surface area contributed by atoms with Crippen LogP contribution in [0.2, 0.25) is 0 Å². The molecule has 1 saturated heterocycles. The minimum absolute atomic E-state index is 0.105. The second-order valence-corrected chi connectivity index (χ2v) is 6.58. The first-order chi connectivity index (χ1) is 12.2. The number of aromatic nitrogens is 1. The molecule has 1 unspecified atom stereocenters. The molecule has 1 atom stereocenters. The fourth-order valence-electron chi connectivity index (χ4n) is 3.33. The summed E-state index contributed by atoms with van der Waals surface area (Å²) in [4.78, 5) is 18.3. The minimum Gasteiger partial charge on any atom is -0.455 e. The lowest BCUT2D eigenvalue weighted by Gasteiger charge is -2.31. The molecule has 3 rings (SSSR count). The van der Waals surface area contributed by atoms with Gasteiger partial charge in [-0.2, -0.15) is 0 Å². The van der Waals surface area contributed by atoms with Crippen LogP contribution in [0.1, 0.15) is 24.0 Å². The van der Waals surface area contributed by atoms with Gasteiger partial charge in [0, 0.05) is 26.3 Å². The molecule has 132 valence electrons. The molecule has 1 aliphatic heterocycles. The number of carbonyl (C=O) groups excluding carboxylic acids is 1. The van der Waals surface area contributed by atoms with Crippen molar-refractivity contribution >= 4 is 5.91 Å². The molecule has 1 fully saturated rings. The number of pyridine rings is 1. The van der Waals surface area contributed by atoms with Gasteiger partial charge in [-0.15, -0.1) is 0 Å². The normalized spacial score (nSPS) is 17.9. The summed E-state index contributed by atoms with van der Waals surface area (Å²) in [7, 11) is 1.71. The van der Waals surface area contributed by atoms with E-state index in [1.54, 1.807) is 19.4 Å². The third kappa shape index (κ3) is 4.57. The number of carbonyl (C=O) groups is 1. The van der Waals surface area contributed by atoms with E-state index >= 15 is 0 Å². The highest BCUT2D eigenvalue weighted by Gasteiger charge is 2.24. The first-order valence-electron chi connectivity index (χ1n) is 8.77. The summed E-state index contributed by atoms with van der Waals surface area (Å²) in [5, 5.41) is 2.77. The van der Waals surface area contributed by atoms with E-state index in [4.69, 9.17) is 4.74 Å². The van der Waals surface area contributed by atoms with Crippen LogP contribution in [0.15, 0.2) is 42.7 Å². The molecule has 0 spiro atoms. The maximum Gasteiger partial charge on any atom is 0.224 e. The number of benzene rings is 1. The van der Waals surface area contributed by atoms with Gasteiger partial charge >= 0.3 is 0 Å².